The normalized spacial score (nSPS) is 14.9. The Morgan fingerprint density at radius 1 is 1.00 bits per heavy atom. The molecule has 9 heteroatoms. The van der Waals surface area contributed by atoms with Gasteiger partial charge in [0.2, 0.25) is 0 Å². The van der Waals surface area contributed by atoms with Gasteiger partial charge in [0.15, 0.2) is 11.5 Å². The molecule has 1 unspecified atom stereocenters. The molecular formula is C24H25NO8. The number of carbonyl (C=O) groups is 4. The monoisotopic (exact) mass is 455 g/mol. The van der Waals surface area contributed by atoms with Gasteiger partial charge in [0.1, 0.15) is 6.10 Å². The second kappa shape index (κ2) is 11.2. The minimum atomic E-state index is -0.776. The molecule has 1 aliphatic rings. The van der Waals surface area contributed by atoms with Crippen LogP contribution in [0, 0.1) is 0 Å². The Kier molecular flexibility index (Phi) is 8.15. The Hall–Kier alpha value is -3.72. The van der Waals surface area contributed by atoms with Crippen molar-refractivity contribution in [3.63, 3.8) is 0 Å². The largest absolute Gasteiger partial charge is 0.456 e. The van der Waals surface area contributed by atoms with E-state index in [0.29, 0.717) is 26.0 Å². The van der Waals surface area contributed by atoms with Crippen LogP contribution in [0.4, 0.5) is 0 Å². The predicted molar refractivity (Wildman–Crippen MR) is 116 cm³/mol. The highest BCUT2D eigenvalue weighted by Crippen LogP contribution is 2.33. The second-order valence-corrected chi connectivity index (χ2v) is 7.34. The maximum Gasteiger partial charge on any atom is 0.343 e. The summed E-state index contributed by atoms with van der Waals surface area (Å²) >= 11 is 0. The molecule has 0 saturated carbocycles. The summed E-state index contributed by atoms with van der Waals surface area (Å²) in [5.74, 6) is -3.12. The number of esters is 3. The van der Waals surface area contributed by atoms with E-state index in [1.807, 2.05) is 6.92 Å². The van der Waals surface area contributed by atoms with Crippen LogP contribution in [0.25, 0.3) is 0 Å². The summed E-state index contributed by atoms with van der Waals surface area (Å²) in [5.41, 5.74) is 0.0679. The van der Waals surface area contributed by atoms with E-state index >= 15 is 0 Å². The number of benzene rings is 2. The fraction of sp³-hybridized carbons (Fsp3) is 0.333. The molecule has 2 aromatic rings. The molecule has 0 radical (unpaired) electrons. The fourth-order valence-electron chi connectivity index (χ4n) is 3.12. The van der Waals surface area contributed by atoms with Crippen LogP contribution in [0.3, 0.4) is 0 Å². The molecule has 2 aromatic carbocycles. The summed E-state index contributed by atoms with van der Waals surface area (Å²) < 4.78 is 21.3. The molecule has 0 aromatic heterocycles. The van der Waals surface area contributed by atoms with E-state index in [-0.39, 0.29) is 34.8 Å². The molecule has 1 aliphatic heterocycles. The van der Waals surface area contributed by atoms with Crippen LogP contribution < -0.4 is 14.8 Å². The van der Waals surface area contributed by atoms with E-state index in [0.717, 1.165) is 0 Å². The van der Waals surface area contributed by atoms with E-state index < -0.39 is 29.9 Å². The second-order valence-electron chi connectivity index (χ2n) is 7.34. The van der Waals surface area contributed by atoms with Crippen molar-refractivity contribution in [1.82, 2.24) is 5.32 Å². The van der Waals surface area contributed by atoms with Gasteiger partial charge in [0.25, 0.3) is 5.91 Å². The summed E-state index contributed by atoms with van der Waals surface area (Å²) in [4.78, 5) is 50.0. The maximum atomic E-state index is 12.9. The Morgan fingerprint density at radius 3 is 2.33 bits per heavy atom. The van der Waals surface area contributed by atoms with Crippen LogP contribution >= 0.6 is 0 Å². The van der Waals surface area contributed by atoms with Crippen molar-refractivity contribution in [2.45, 2.75) is 32.8 Å². The Morgan fingerprint density at radius 2 is 1.70 bits per heavy atom. The van der Waals surface area contributed by atoms with Crippen molar-refractivity contribution >= 4 is 23.8 Å². The smallest absolute Gasteiger partial charge is 0.343 e. The standard InChI is InChI=1S/C24H25NO8/c1-3-10-25-22(27)18-12-21(33-23(28)16-7-5-4-6-8-16)20(31-15(2)26)13-19(18)24(29)32-17-9-11-30-14-17/h4-8,12-13,17H,3,9-11,14H2,1-2H3,(H,25,27). The van der Waals surface area contributed by atoms with E-state index in [2.05, 4.69) is 5.32 Å². The SMILES string of the molecule is CCCNC(=O)c1cc(OC(=O)c2ccccc2)c(OC(C)=O)cc1C(=O)OC1CCOC1. The van der Waals surface area contributed by atoms with Gasteiger partial charge in [-0.25, -0.2) is 9.59 Å². The third kappa shape index (κ3) is 6.39. The molecule has 1 amide bonds. The Labute approximate surface area is 191 Å². The first kappa shape index (κ1) is 23.9. The van der Waals surface area contributed by atoms with Crippen LogP contribution in [0.5, 0.6) is 11.5 Å². The van der Waals surface area contributed by atoms with Gasteiger partial charge in [-0.15, -0.1) is 0 Å². The molecule has 3 rings (SSSR count). The van der Waals surface area contributed by atoms with Crippen molar-refractivity contribution in [2.75, 3.05) is 19.8 Å². The molecule has 1 atom stereocenters. The van der Waals surface area contributed by atoms with Crippen LogP contribution in [-0.4, -0.2) is 49.7 Å². The Bertz CT molecular complexity index is 1030. The topological polar surface area (TPSA) is 117 Å². The summed E-state index contributed by atoms with van der Waals surface area (Å²) in [7, 11) is 0. The van der Waals surface area contributed by atoms with E-state index in [9.17, 15) is 19.2 Å². The zero-order valence-corrected chi connectivity index (χ0v) is 18.4. The average molecular weight is 455 g/mol. The van der Waals surface area contributed by atoms with Crippen molar-refractivity contribution in [1.29, 1.82) is 0 Å². The zero-order valence-electron chi connectivity index (χ0n) is 18.4. The van der Waals surface area contributed by atoms with Crippen LogP contribution in [0.15, 0.2) is 42.5 Å². The molecule has 1 fully saturated rings. The van der Waals surface area contributed by atoms with Crippen LogP contribution in [-0.2, 0) is 14.3 Å². The van der Waals surface area contributed by atoms with Gasteiger partial charge < -0.3 is 24.3 Å². The molecule has 1 heterocycles. The predicted octanol–water partition coefficient (Wildman–Crippen LogP) is 2.92. The summed E-state index contributed by atoms with van der Waals surface area (Å²) in [6, 6.07) is 10.6. The highest BCUT2D eigenvalue weighted by atomic mass is 16.6. The minimum absolute atomic E-state index is 0.0703. The maximum absolute atomic E-state index is 12.9. The number of ether oxygens (including phenoxy) is 4. The first-order chi connectivity index (χ1) is 15.9. The fourth-order valence-corrected chi connectivity index (χ4v) is 3.12. The lowest BCUT2D eigenvalue weighted by Crippen LogP contribution is -2.28. The van der Waals surface area contributed by atoms with Gasteiger partial charge >= 0.3 is 17.9 Å². The van der Waals surface area contributed by atoms with Gasteiger partial charge in [-0.2, -0.15) is 0 Å². The van der Waals surface area contributed by atoms with E-state index in [1.165, 1.54) is 19.1 Å². The minimum Gasteiger partial charge on any atom is -0.456 e. The highest BCUT2D eigenvalue weighted by Gasteiger charge is 2.28. The summed E-state index contributed by atoms with van der Waals surface area (Å²) in [5, 5.41) is 2.69. The molecule has 9 nitrogen and oxygen atoms in total. The van der Waals surface area contributed by atoms with Gasteiger partial charge in [-0.3, -0.25) is 9.59 Å². The average Bonchev–Trinajstić information content (AvgIpc) is 3.31. The molecule has 1 saturated heterocycles. The quantitative estimate of drug-likeness (QED) is 0.477. The molecular weight excluding hydrogens is 430 g/mol. The van der Waals surface area contributed by atoms with E-state index in [4.69, 9.17) is 18.9 Å². The van der Waals surface area contributed by atoms with Gasteiger partial charge in [0.05, 0.1) is 29.9 Å². The van der Waals surface area contributed by atoms with Crippen molar-refractivity contribution < 1.29 is 38.1 Å². The number of hydrogen-bond donors (Lipinski definition) is 1. The Balaban J connectivity index is 2.01. The molecule has 33 heavy (non-hydrogen) atoms. The summed E-state index contributed by atoms with van der Waals surface area (Å²) in [6.45, 7) is 4.14. The lowest BCUT2D eigenvalue weighted by molar-refractivity contribution is -0.132. The zero-order chi connectivity index (χ0) is 23.8. The highest BCUT2D eigenvalue weighted by molar-refractivity contribution is 6.06. The van der Waals surface area contributed by atoms with E-state index in [1.54, 1.807) is 30.3 Å². The van der Waals surface area contributed by atoms with Gasteiger partial charge in [-0.05, 0) is 24.6 Å². The number of amides is 1. The first-order valence-electron chi connectivity index (χ1n) is 10.6. The molecule has 174 valence electrons. The third-order valence-electron chi connectivity index (χ3n) is 4.71. The number of rotatable bonds is 8. The van der Waals surface area contributed by atoms with Crippen molar-refractivity contribution in [3.05, 3.63) is 59.2 Å². The molecule has 0 aliphatic carbocycles. The van der Waals surface area contributed by atoms with Crippen molar-refractivity contribution in [2.24, 2.45) is 0 Å². The van der Waals surface area contributed by atoms with Crippen molar-refractivity contribution in [3.8, 4) is 11.5 Å². The third-order valence-corrected chi connectivity index (χ3v) is 4.71. The van der Waals surface area contributed by atoms with Crippen LogP contribution in [0.2, 0.25) is 0 Å². The summed E-state index contributed by atoms with van der Waals surface area (Å²) in [6.07, 6.45) is 0.760. The number of nitrogens with one attached hydrogen (secondary N) is 1. The first-order valence-corrected chi connectivity index (χ1v) is 10.6. The molecule has 0 bridgehead atoms. The molecule has 0 spiro atoms. The van der Waals surface area contributed by atoms with Gasteiger partial charge in [-0.1, -0.05) is 25.1 Å². The lowest BCUT2D eigenvalue weighted by atomic mass is 10.0. The van der Waals surface area contributed by atoms with Gasteiger partial charge in [0, 0.05) is 26.0 Å². The molecule has 1 N–H and O–H groups in total. The number of carbonyl (C=O) groups excluding carboxylic acids is 4. The lowest BCUT2D eigenvalue weighted by Gasteiger charge is -2.16. The number of hydrogen-bond acceptors (Lipinski definition) is 8. The van der Waals surface area contributed by atoms with Crippen LogP contribution in [0.1, 0.15) is 57.8 Å².